The highest BCUT2D eigenvalue weighted by Gasteiger charge is 2.06. The molecule has 0 radical (unpaired) electrons. The molecule has 2 rings (SSSR count). The number of hydrogen-bond donors (Lipinski definition) is 3. The fourth-order valence-corrected chi connectivity index (χ4v) is 3.49. The van der Waals surface area contributed by atoms with Crippen LogP contribution in [0.1, 0.15) is 24.3 Å². The zero-order valence-corrected chi connectivity index (χ0v) is 19.3. The maximum Gasteiger partial charge on any atom is 0.191 e. The molecule has 0 spiro atoms. The van der Waals surface area contributed by atoms with Crippen LogP contribution in [0.25, 0.3) is 0 Å². The molecule has 7 heteroatoms. The Morgan fingerprint density at radius 2 is 2.11 bits per heavy atom. The van der Waals surface area contributed by atoms with Gasteiger partial charge in [-0.15, -0.1) is 35.3 Å². The van der Waals surface area contributed by atoms with E-state index in [1.165, 1.54) is 4.88 Å². The van der Waals surface area contributed by atoms with Crippen LogP contribution in [0, 0.1) is 5.92 Å². The van der Waals surface area contributed by atoms with E-state index in [1.54, 1.807) is 24.5 Å². The Balaban J connectivity index is 0.00000364. The van der Waals surface area contributed by atoms with Gasteiger partial charge in [0.2, 0.25) is 0 Å². The van der Waals surface area contributed by atoms with Gasteiger partial charge in [-0.2, -0.15) is 0 Å². The van der Waals surface area contributed by atoms with E-state index in [1.807, 2.05) is 12.1 Å². The largest absolute Gasteiger partial charge is 0.508 e. The van der Waals surface area contributed by atoms with Crippen molar-refractivity contribution in [2.45, 2.75) is 26.7 Å². The molecule has 1 heterocycles. The lowest BCUT2D eigenvalue weighted by Gasteiger charge is -2.14. The summed E-state index contributed by atoms with van der Waals surface area (Å²) in [4.78, 5) is 6.09. The molecule has 1 unspecified atom stereocenters. The number of phenols is 1. The molecule has 1 aromatic carbocycles. The van der Waals surface area contributed by atoms with Gasteiger partial charge < -0.3 is 20.5 Å². The lowest BCUT2D eigenvalue weighted by atomic mass is 10.1. The quantitative estimate of drug-likeness (QED) is 0.275. The third-order valence-corrected chi connectivity index (χ3v) is 4.91. The van der Waals surface area contributed by atoms with E-state index < -0.39 is 0 Å². The maximum absolute atomic E-state index is 10.0. The maximum atomic E-state index is 10.0. The van der Waals surface area contributed by atoms with Crippen LogP contribution in [0.5, 0.6) is 11.5 Å². The van der Waals surface area contributed by atoms with E-state index in [9.17, 15) is 5.11 Å². The van der Waals surface area contributed by atoms with Crippen LogP contribution in [0.3, 0.4) is 0 Å². The number of methoxy groups -OCH3 is 1. The first kappa shape index (κ1) is 23.6. The van der Waals surface area contributed by atoms with Crippen molar-refractivity contribution in [3.8, 4) is 11.5 Å². The Morgan fingerprint density at radius 3 is 2.74 bits per heavy atom. The third-order valence-electron chi connectivity index (χ3n) is 4.01. The molecule has 0 bridgehead atoms. The highest BCUT2D eigenvalue weighted by molar-refractivity contribution is 14.0. The van der Waals surface area contributed by atoms with Gasteiger partial charge in [0.1, 0.15) is 11.5 Å². The summed E-state index contributed by atoms with van der Waals surface area (Å²) in [5.41, 5.74) is 0.889. The minimum atomic E-state index is 0. The number of thiophene rings is 1. The molecule has 0 aliphatic rings. The first-order chi connectivity index (χ1) is 12.6. The number of nitrogens with one attached hydrogen (secondary N) is 2. The van der Waals surface area contributed by atoms with Crippen molar-refractivity contribution in [3.63, 3.8) is 0 Å². The summed E-state index contributed by atoms with van der Waals surface area (Å²) < 4.78 is 5.11. The molecule has 0 saturated carbocycles. The molecule has 0 amide bonds. The smallest absolute Gasteiger partial charge is 0.191 e. The highest BCUT2D eigenvalue weighted by Crippen LogP contribution is 2.23. The Hall–Kier alpha value is -1.48. The van der Waals surface area contributed by atoms with Gasteiger partial charge in [0.25, 0.3) is 0 Å². The van der Waals surface area contributed by atoms with Gasteiger partial charge in [0.05, 0.1) is 7.11 Å². The average molecular weight is 503 g/mol. The molecule has 0 fully saturated rings. The zero-order chi connectivity index (χ0) is 18.8. The van der Waals surface area contributed by atoms with Crippen molar-refractivity contribution in [3.05, 3.63) is 46.2 Å². The molecule has 0 aliphatic heterocycles. The number of aliphatic imine (C=N–C) groups is 1. The lowest BCUT2D eigenvalue weighted by molar-refractivity contribution is 0.406. The molecule has 150 valence electrons. The molecule has 1 aromatic heterocycles. The minimum absolute atomic E-state index is 0. The van der Waals surface area contributed by atoms with E-state index in [4.69, 9.17) is 9.73 Å². The van der Waals surface area contributed by atoms with Crippen LogP contribution in [0.4, 0.5) is 0 Å². The van der Waals surface area contributed by atoms with Crippen LogP contribution >= 0.6 is 35.3 Å². The first-order valence-electron chi connectivity index (χ1n) is 9.02. The number of benzene rings is 1. The summed E-state index contributed by atoms with van der Waals surface area (Å²) in [6.07, 6.45) is 1.77. The summed E-state index contributed by atoms with van der Waals surface area (Å²) in [7, 11) is 1.59. The molecule has 0 saturated heterocycles. The number of halogens is 1. The Bertz CT molecular complexity index is 693. The topological polar surface area (TPSA) is 65.9 Å². The Labute approximate surface area is 183 Å². The number of guanidine groups is 1. The van der Waals surface area contributed by atoms with Crippen molar-refractivity contribution in [1.82, 2.24) is 10.6 Å². The molecule has 3 N–H and O–H groups in total. The van der Waals surface area contributed by atoms with Gasteiger partial charge in [-0.1, -0.05) is 19.1 Å². The first-order valence-corrected chi connectivity index (χ1v) is 9.90. The number of rotatable bonds is 9. The number of ether oxygens (including phenoxy) is 1. The van der Waals surface area contributed by atoms with Crippen LogP contribution in [0.2, 0.25) is 0 Å². The SMILES string of the molecule is CCNC(=NCC(C)Cc1cccs1)NCCc1ccc(OC)cc1O.I. The summed E-state index contributed by atoms with van der Waals surface area (Å²) in [5, 5.41) is 18.8. The molecule has 1 atom stereocenters. The summed E-state index contributed by atoms with van der Waals surface area (Å²) >= 11 is 1.80. The summed E-state index contributed by atoms with van der Waals surface area (Å²) in [6, 6.07) is 9.66. The van der Waals surface area contributed by atoms with Gasteiger partial charge in [0.15, 0.2) is 5.96 Å². The second-order valence-electron chi connectivity index (χ2n) is 6.28. The van der Waals surface area contributed by atoms with Crippen LogP contribution in [-0.2, 0) is 12.8 Å². The van der Waals surface area contributed by atoms with Gasteiger partial charge in [-0.3, -0.25) is 4.99 Å². The molecule has 27 heavy (non-hydrogen) atoms. The monoisotopic (exact) mass is 503 g/mol. The van der Waals surface area contributed by atoms with Gasteiger partial charge in [0, 0.05) is 30.6 Å². The summed E-state index contributed by atoms with van der Waals surface area (Å²) in [5.74, 6) is 2.24. The molecule has 5 nitrogen and oxygen atoms in total. The average Bonchev–Trinajstić information content (AvgIpc) is 3.13. The van der Waals surface area contributed by atoms with E-state index in [2.05, 4.69) is 42.0 Å². The van der Waals surface area contributed by atoms with E-state index >= 15 is 0 Å². The summed E-state index contributed by atoms with van der Waals surface area (Å²) in [6.45, 7) is 6.58. The highest BCUT2D eigenvalue weighted by atomic mass is 127. The van der Waals surface area contributed by atoms with Crippen LogP contribution < -0.4 is 15.4 Å². The van der Waals surface area contributed by atoms with Crippen molar-refractivity contribution in [2.24, 2.45) is 10.9 Å². The molecular weight excluding hydrogens is 473 g/mol. The van der Waals surface area contributed by atoms with Crippen molar-refractivity contribution in [2.75, 3.05) is 26.7 Å². The normalized spacial score (nSPS) is 12.2. The van der Waals surface area contributed by atoms with Crippen molar-refractivity contribution < 1.29 is 9.84 Å². The number of hydrogen-bond acceptors (Lipinski definition) is 4. The number of nitrogens with zero attached hydrogens (tertiary/aromatic N) is 1. The lowest BCUT2D eigenvalue weighted by Crippen LogP contribution is -2.38. The predicted octanol–water partition coefficient (Wildman–Crippen LogP) is 4.06. The van der Waals surface area contributed by atoms with E-state index in [0.717, 1.165) is 31.0 Å². The van der Waals surface area contributed by atoms with Crippen molar-refractivity contribution >= 4 is 41.3 Å². The third kappa shape index (κ3) is 8.38. The molecule has 0 aliphatic carbocycles. The van der Waals surface area contributed by atoms with Crippen LogP contribution in [0.15, 0.2) is 40.7 Å². The zero-order valence-electron chi connectivity index (χ0n) is 16.2. The second kappa shape index (κ2) is 12.8. The van der Waals surface area contributed by atoms with E-state index in [0.29, 0.717) is 24.6 Å². The Kier molecular flexibility index (Phi) is 11.2. The van der Waals surface area contributed by atoms with Crippen LogP contribution in [-0.4, -0.2) is 37.8 Å². The van der Waals surface area contributed by atoms with Gasteiger partial charge in [-0.25, -0.2) is 0 Å². The fraction of sp³-hybridized carbons (Fsp3) is 0.450. The fourth-order valence-electron chi connectivity index (χ4n) is 2.62. The standard InChI is InChI=1S/C20H29N3O2S.HI/c1-4-21-20(23-14-15(2)12-18-6-5-11-26-18)22-10-9-16-7-8-17(25-3)13-19(16)24;/h5-8,11,13,15,24H,4,9-10,12,14H2,1-3H3,(H2,21,22,23);1H. The Morgan fingerprint density at radius 1 is 1.30 bits per heavy atom. The minimum Gasteiger partial charge on any atom is -0.508 e. The van der Waals surface area contributed by atoms with E-state index in [-0.39, 0.29) is 29.7 Å². The predicted molar refractivity (Wildman–Crippen MR) is 125 cm³/mol. The number of aromatic hydroxyl groups is 1. The molecule has 2 aromatic rings. The van der Waals surface area contributed by atoms with Gasteiger partial charge in [-0.05, 0) is 48.8 Å². The molecular formula is C20H30IN3O2S. The number of phenolic OH excluding ortho intramolecular Hbond substituents is 1. The second-order valence-corrected chi connectivity index (χ2v) is 7.31. The van der Waals surface area contributed by atoms with Gasteiger partial charge >= 0.3 is 0 Å². The van der Waals surface area contributed by atoms with Crippen molar-refractivity contribution in [1.29, 1.82) is 0 Å².